The number of hydrogen-bond donors (Lipinski definition) is 2. The van der Waals surface area contributed by atoms with Crippen LogP contribution in [0.5, 0.6) is 0 Å². The SMILES string of the molecule is Cc1cccc(C(C)C)c1NC(=O)C[NH2+]C(c1ccccc1)c1ccccc1. The predicted octanol–water partition coefficient (Wildman–Crippen LogP) is 4.41. The van der Waals surface area contributed by atoms with Crippen LogP contribution in [0.1, 0.15) is 48.1 Å². The lowest BCUT2D eigenvalue weighted by atomic mass is 9.98. The van der Waals surface area contributed by atoms with Crippen molar-refractivity contribution in [1.29, 1.82) is 0 Å². The van der Waals surface area contributed by atoms with E-state index in [-0.39, 0.29) is 11.9 Å². The van der Waals surface area contributed by atoms with Gasteiger partial charge in [-0.25, -0.2) is 0 Å². The highest BCUT2D eigenvalue weighted by molar-refractivity contribution is 5.93. The highest BCUT2D eigenvalue weighted by Crippen LogP contribution is 2.27. The summed E-state index contributed by atoms with van der Waals surface area (Å²) in [6, 6.07) is 26.9. The summed E-state index contributed by atoms with van der Waals surface area (Å²) in [7, 11) is 0. The molecule has 0 heterocycles. The molecule has 3 nitrogen and oxygen atoms in total. The Balaban J connectivity index is 1.75. The minimum atomic E-state index is 0.0214. The third-order valence-electron chi connectivity index (χ3n) is 5.05. The Labute approximate surface area is 167 Å². The Bertz CT molecular complexity index is 865. The number of para-hydroxylation sites is 1. The van der Waals surface area contributed by atoms with Gasteiger partial charge in [-0.1, -0.05) is 92.7 Å². The van der Waals surface area contributed by atoms with Crippen LogP contribution in [0.4, 0.5) is 5.69 Å². The molecule has 144 valence electrons. The zero-order valence-corrected chi connectivity index (χ0v) is 16.9. The van der Waals surface area contributed by atoms with Crippen molar-refractivity contribution in [2.75, 3.05) is 11.9 Å². The molecule has 0 unspecified atom stereocenters. The smallest absolute Gasteiger partial charge is 0.279 e. The first-order valence-electron chi connectivity index (χ1n) is 9.89. The summed E-state index contributed by atoms with van der Waals surface area (Å²) in [5.41, 5.74) is 5.62. The van der Waals surface area contributed by atoms with Gasteiger partial charge in [0.15, 0.2) is 6.54 Å². The number of carbonyl (C=O) groups excluding carboxylic acids is 1. The van der Waals surface area contributed by atoms with E-state index >= 15 is 0 Å². The van der Waals surface area contributed by atoms with Gasteiger partial charge in [-0.2, -0.15) is 0 Å². The van der Waals surface area contributed by atoms with Crippen LogP contribution in [0.2, 0.25) is 0 Å². The van der Waals surface area contributed by atoms with E-state index in [1.165, 1.54) is 16.7 Å². The summed E-state index contributed by atoms with van der Waals surface area (Å²) in [6.07, 6.45) is 0. The molecule has 0 aliphatic carbocycles. The number of hydrogen-bond acceptors (Lipinski definition) is 1. The van der Waals surface area contributed by atoms with Crippen molar-refractivity contribution < 1.29 is 10.1 Å². The van der Waals surface area contributed by atoms with E-state index in [0.717, 1.165) is 11.3 Å². The zero-order valence-electron chi connectivity index (χ0n) is 16.9. The number of benzene rings is 3. The van der Waals surface area contributed by atoms with Crippen LogP contribution in [0.3, 0.4) is 0 Å². The molecule has 0 bridgehead atoms. The van der Waals surface area contributed by atoms with Gasteiger partial charge in [-0.05, 0) is 24.0 Å². The molecule has 3 heteroatoms. The Morgan fingerprint density at radius 2 is 1.43 bits per heavy atom. The molecule has 0 fully saturated rings. The number of nitrogens with one attached hydrogen (secondary N) is 1. The van der Waals surface area contributed by atoms with Crippen LogP contribution in [0, 0.1) is 6.92 Å². The molecule has 28 heavy (non-hydrogen) atoms. The Morgan fingerprint density at radius 1 is 0.857 bits per heavy atom. The molecule has 1 amide bonds. The molecule has 0 aliphatic heterocycles. The lowest BCUT2D eigenvalue weighted by Gasteiger charge is -2.18. The van der Waals surface area contributed by atoms with Crippen LogP contribution in [0.15, 0.2) is 78.9 Å². The van der Waals surface area contributed by atoms with Crippen LogP contribution < -0.4 is 10.6 Å². The van der Waals surface area contributed by atoms with Gasteiger partial charge in [0, 0.05) is 16.8 Å². The molecule has 3 rings (SSSR count). The maximum absolute atomic E-state index is 12.8. The van der Waals surface area contributed by atoms with E-state index in [9.17, 15) is 4.79 Å². The monoisotopic (exact) mass is 373 g/mol. The summed E-state index contributed by atoms with van der Waals surface area (Å²) in [5.74, 6) is 0.383. The molecule has 0 saturated heterocycles. The number of quaternary nitrogens is 1. The second kappa shape index (κ2) is 9.34. The Kier molecular flexibility index (Phi) is 6.62. The number of carbonyl (C=O) groups is 1. The second-order valence-corrected chi connectivity index (χ2v) is 7.48. The second-order valence-electron chi connectivity index (χ2n) is 7.48. The van der Waals surface area contributed by atoms with Crippen molar-refractivity contribution in [3.8, 4) is 0 Å². The molecular weight excluding hydrogens is 344 g/mol. The zero-order chi connectivity index (χ0) is 19.9. The van der Waals surface area contributed by atoms with E-state index in [1.54, 1.807) is 0 Å². The lowest BCUT2D eigenvalue weighted by Crippen LogP contribution is -2.87. The first-order chi connectivity index (χ1) is 13.6. The van der Waals surface area contributed by atoms with E-state index < -0.39 is 0 Å². The van der Waals surface area contributed by atoms with Crippen molar-refractivity contribution in [2.24, 2.45) is 0 Å². The molecule has 0 radical (unpaired) electrons. The summed E-state index contributed by atoms with van der Waals surface area (Å²) in [6.45, 7) is 6.71. The molecule has 0 saturated carbocycles. The highest BCUT2D eigenvalue weighted by Gasteiger charge is 2.19. The molecule has 3 aromatic carbocycles. The Morgan fingerprint density at radius 3 is 1.96 bits per heavy atom. The summed E-state index contributed by atoms with van der Waals surface area (Å²) >= 11 is 0. The fourth-order valence-electron chi connectivity index (χ4n) is 3.54. The number of nitrogens with two attached hydrogens (primary N) is 1. The standard InChI is InChI=1S/C25H28N2O/c1-18(2)22-16-10-11-19(3)24(22)27-23(28)17-26-25(20-12-6-4-7-13-20)21-14-8-5-9-15-21/h4-16,18,25-26H,17H2,1-3H3,(H,27,28)/p+1. The van der Waals surface area contributed by atoms with E-state index in [4.69, 9.17) is 0 Å². The summed E-state index contributed by atoms with van der Waals surface area (Å²) in [4.78, 5) is 12.8. The van der Waals surface area contributed by atoms with E-state index in [2.05, 4.69) is 54.8 Å². The molecule has 0 atom stereocenters. The van der Waals surface area contributed by atoms with Gasteiger partial charge in [-0.3, -0.25) is 4.79 Å². The first kappa shape index (κ1) is 19.8. The average molecular weight is 374 g/mol. The van der Waals surface area contributed by atoms with Gasteiger partial charge < -0.3 is 10.6 Å². The van der Waals surface area contributed by atoms with Crippen molar-refractivity contribution >= 4 is 11.6 Å². The molecular formula is C25H29N2O+. The molecule has 0 aromatic heterocycles. The average Bonchev–Trinajstić information content (AvgIpc) is 2.71. The van der Waals surface area contributed by atoms with Crippen molar-refractivity contribution in [3.05, 3.63) is 101 Å². The van der Waals surface area contributed by atoms with Gasteiger partial charge in [0.2, 0.25) is 0 Å². The lowest BCUT2D eigenvalue weighted by molar-refractivity contribution is -0.676. The normalized spacial score (nSPS) is 11.0. The molecule has 3 N–H and O–H groups in total. The fraction of sp³-hybridized carbons (Fsp3) is 0.240. The van der Waals surface area contributed by atoms with Gasteiger partial charge in [0.1, 0.15) is 6.04 Å². The quantitative estimate of drug-likeness (QED) is 0.633. The summed E-state index contributed by atoms with van der Waals surface area (Å²) < 4.78 is 0. The van der Waals surface area contributed by atoms with Crippen molar-refractivity contribution in [3.63, 3.8) is 0 Å². The number of aryl methyl sites for hydroxylation is 1. The van der Waals surface area contributed by atoms with Gasteiger partial charge >= 0.3 is 0 Å². The Hall–Kier alpha value is -2.91. The summed E-state index contributed by atoms with van der Waals surface area (Å²) in [5, 5.41) is 5.25. The van der Waals surface area contributed by atoms with Crippen LogP contribution >= 0.6 is 0 Å². The van der Waals surface area contributed by atoms with Crippen LogP contribution in [-0.2, 0) is 4.79 Å². The van der Waals surface area contributed by atoms with Crippen molar-refractivity contribution in [2.45, 2.75) is 32.7 Å². The number of amides is 1. The minimum Gasteiger partial charge on any atom is -0.328 e. The largest absolute Gasteiger partial charge is 0.328 e. The van der Waals surface area contributed by atoms with Gasteiger partial charge in [0.25, 0.3) is 5.91 Å². The van der Waals surface area contributed by atoms with E-state index in [1.807, 2.05) is 55.5 Å². The number of rotatable bonds is 7. The highest BCUT2D eigenvalue weighted by atomic mass is 16.1. The van der Waals surface area contributed by atoms with E-state index in [0.29, 0.717) is 12.5 Å². The molecule has 3 aromatic rings. The topological polar surface area (TPSA) is 45.7 Å². The minimum absolute atomic E-state index is 0.0214. The maximum Gasteiger partial charge on any atom is 0.279 e. The van der Waals surface area contributed by atoms with Gasteiger partial charge in [-0.15, -0.1) is 0 Å². The van der Waals surface area contributed by atoms with Crippen molar-refractivity contribution in [1.82, 2.24) is 0 Å². The first-order valence-corrected chi connectivity index (χ1v) is 9.89. The molecule has 0 spiro atoms. The van der Waals surface area contributed by atoms with Crippen LogP contribution in [0.25, 0.3) is 0 Å². The maximum atomic E-state index is 12.8. The number of anilines is 1. The predicted molar refractivity (Wildman–Crippen MR) is 115 cm³/mol. The van der Waals surface area contributed by atoms with Gasteiger partial charge in [0.05, 0.1) is 0 Å². The van der Waals surface area contributed by atoms with Crippen LogP contribution in [-0.4, -0.2) is 12.5 Å². The fourth-order valence-corrected chi connectivity index (χ4v) is 3.54. The molecule has 0 aliphatic rings. The third-order valence-corrected chi connectivity index (χ3v) is 5.05. The third kappa shape index (κ3) is 4.87.